The monoisotopic (exact) mass is 336 g/mol. The molecule has 0 saturated carbocycles. The van der Waals surface area contributed by atoms with Crippen molar-refractivity contribution in [3.63, 3.8) is 0 Å². The Morgan fingerprint density at radius 1 is 1.05 bits per heavy atom. The van der Waals surface area contributed by atoms with Gasteiger partial charge in [0.2, 0.25) is 0 Å². The molecule has 0 aromatic heterocycles. The van der Waals surface area contributed by atoms with Gasteiger partial charge in [0.25, 0.3) is 0 Å². The van der Waals surface area contributed by atoms with Gasteiger partial charge < -0.3 is 4.74 Å². The van der Waals surface area contributed by atoms with Crippen LogP contribution in [0.25, 0.3) is 0 Å². The van der Waals surface area contributed by atoms with Crippen molar-refractivity contribution in [3.05, 3.63) is 69.2 Å². The van der Waals surface area contributed by atoms with Crippen molar-refractivity contribution >= 4 is 27.5 Å². The van der Waals surface area contributed by atoms with Crippen LogP contribution in [0.5, 0.6) is 0 Å². The van der Waals surface area contributed by atoms with Crippen LogP contribution in [0, 0.1) is 6.92 Å². The summed E-state index contributed by atoms with van der Waals surface area (Å²) in [7, 11) is 0. The number of hydrogen-bond acceptors (Lipinski definition) is 1. The summed E-state index contributed by atoms with van der Waals surface area (Å²) in [5.74, 6) is 0. The van der Waals surface area contributed by atoms with Gasteiger partial charge in [-0.05, 0) is 46.9 Å². The minimum Gasteiger partial charge on any atom is -0.372 e. The molecular formula is C16H14BrClO. The van der Waals surface area contributed by atoms with Gasteiger partial charge in [-0.15, -0.1) is 0 Å². The summed E-state index contributed by atoms with van der Waals surface area (Å²) in [5.41, 5.74) is 6.19. The van der Waals surface area contributed by atoms with Crippen LogP contribution in [0.2, 0.25) is 5.02 Å². The molecule has 0 bridgehead atoms. The van der Waals surface area contributed by atoms with E-state index in [4.69, 9.17) is 16.3 Å². The van der Waals surface area contributed by atoms with Crippen LogP contribution >= 0.6 is 27.5 Å². The third-order valence-electron chi connectivity index (χ3n) is 3.40. The van der Waals surface area contributed by atoms with E-state index in [1.807, 2.05) is 12.1 Å². The summed E-state index contributed by atoms with van der Waals surface area (Å²) in [6.07, 6.45) is 0. The zero-order valence-corrected chi connectivity index (χ0v) is 13.0. The topological polar surface area (TPSA) is 9.23 Å². The van der Waals surface area contributed by atoms with Crippen molar-refractivity contribution in [1.29, 1.82) is 0 Å². The van der Waals surface area contributed by atoms with Crippen molar-refractivity contribution < 1.29 is 4.74 Å². The largest absolute Gasteiger partial charge is 0.372 e. The summed E-state index contributed by atoms with van der Waals surface area (Å²) < 4.78 is 5.46. The molecule has 1 aliphatic heterocycles. The second-order valence-electron chi connectivity index (χ2n) is 4.95. The Morgan fingerprint density at radius 2 is 1.84 bits per heavy atom. The second kappa shape index (κ2) is 5.28. The number of fused-ring (bicyclic) bond motifs is 1. The van der Waals surface area contributed by atoms with Gasteiger partial charge in [-0.1, -0.05) is 51.8 Å². The maximum Gasteiger partial charge on any atom is 0.0725 e. The van der Waals surface area contributed by atoms with E-state index in [0.29, 0.717) is 0 Å². The predicted molar refractivity (Wildman–Crippen MR) is 81.9 cm³/mol. The zero-order valence-electron chi connectivity index (χ0n) is 10.6. The molecule has 3 rings (SSSR count). The molecule has 0 saturated heterocycles. The molecule has 1 aliphatic rings. The van der Waals surface area contributed by atoms with Gasteiger partial charge in [-0.3, -0.25) is 0 Å². The van der Waals surface area contributed by atoms with E-state index in [1.54, 1.807) is 0 Å². The normalized spacial score (nSPS) is 15.3. The molecule has 1 heterocycles. The summed E-state index contributed by atoms with van der Waals surface area (Å²) in [6, 6.07) is 12.7. The molecule has 0 radical (unpaired) electrons. The highest BCUT2D eigenvalue weighted by atomic mass is 79.9. The number of alkyl halides is 1. The lowest BCUT2D eigenvalue weighted by Crippen LogP contribution is -1.95. The number of rotatable bonds is 2. The number of aryl methyl sites for hydroxylation is 1. The van der Waals surface area contributed by atoms with Gasteiger partial charge in [0.1, 0.15) is 0 Å². The van der Waals surface area contributed by atoms with E-state index in [2.05, 4.69) is 47.1 Å². The Balaban J connectivity index is 1.97. The Morgan fingerprint density at radius 3 is 2.63 bits per heavy atom. The van der Waals surface area contributed by atoms with Crippen molar-refractivity contribution in [2.45, 2.75) is 25.0 Å². The fourth-order valence-corrected chi connectivity index (χ4v) is 3.30. The average molecular weight is 338 g/mol. The molecule has 19 heavy (non-hydrogen) atoms. The van der Waals surface area contributed by atoms with Crippen LogP contribution in [-0.4, -0.2) is 0 Å². The first kappa shape index (κ1) is 13.2. The quantitative estimate of drug-likeness (QED) is 0.688. The van der Waals surface area contributed by atoms with Crippen LogP contribution in [0.4, 0.5) is 0 Å². The van der Waals surface area contributed by atoms with Gasteiger partial charge in [0, 0.05) is 5.02 Å². The fourth-order valence-electron chi connectivity index (χ4n) is 2.45. The maximum absolute atomic E-state index is 6.13. The lowest BCUT2D eigenvalue weighted by atomic mass is 9.99. The molecular weight excluding hydrogens is 324 g/mol. The second-order valence-corrected chi connectivity index (χ2v) is 6.30. The molecule has 3 heteroatoms. The highest BCUT2D eigenvalue weighted by Crippen LogP contribution is 2.34. The number of halogens is 2. The first-order chi connectivity index (χ1) is 9.13. The molecule has 2 aromatic carbocycles. The Hall–Kier alpha value is -0.830. The lowest BCUT2D eigenvalue weighted by molar-refractivity contribution is 0.134. The Labute approximate surface area is 126 Å². The van der Waals surface area contributed by atoms with Gasteiger partial charge in [0.15, 0.2) is 0 Å². The summed E-state index contributed by atoms with van der Waals surface area (Å²) >= 11 is 9.91. The van der Waals surface area contributed by atoms with Crippen LogP contribution in [0.15, 0.2) is 36.4 Å². The Kier molecular flexibility index (Phi) is 3.66. The predicted octanol–water partition coefficient (Wildman–Crippen LogP) is 5.16. The third-order valence-corrected chi connectivity index (χ3v) is 4.67. The van der Waals surface area contributed by atoms with E-state index in [1.165, 1.54) is 27.8 Å². The summed E-state index contributed by atoms with van der Waals surface area (Å²) in [4.78, 5) is 0.163. The average Bonchev–Trinajstić information content (AvgIpc) is 2.83. The van der Waals surface area contributed by atoms with Crippen LogP contribution in [0.3, 0.4) is 0 Å². The highest BCUT2D eigenvalue weighted by Gasteiger charge is 2.16. The van der Waals surface area contributed by atoms with E-state index < -0.39 is 0 Å². The lowest BCUT2D eigenvalue weighted by Gasteiger charge is -2.13. The number of ether oxygens (including phenoxy) is 1. The molecule has 98 valence electrons. The van der Waals surface area contributed by atoms with E-state index in [9.17, 15) is 0 Å². The standard InChI is InChI=1S/C16H14BrClO/c1-10-4-13(7-15(18)5-10)16(17)11-2-3-12-8-19-9-14(12)6-11/h2-7,16H,8-9H2,1H3. The third kappa shape index (κ3) is 2.71. The van der Waals surface area contributed by atoms with Gasteiger partial charge in [-0.2, -0.15) is 0 Å². The number of benzene rings is 2. The van der Waals surface area contributed by atoms with E-state index >= 15 is 0 Å². The van der Waals surface area contributed by atoms with Crippen molar-refractivity contribution in [2.75, 3.05) is 0 Å². The zero-order chi connectivity index (χ0) is 13.4. The molecule has 0 fully saturated rings. The molecule has 0 amide bonds. The molecule has 1 atom stereocenters. The first-order valence-electron chi connectivity index (χ1n) is 6.24. The van der Waals surface area contributed by atoms with Crippen molar-refractivity contribution in [3.8, 4) is 0 Å². The molecule has 1 unspecified atom stereocenters. The highest BCUT2D eigenvalue weighted by molar-refractivity contribution is 9.09. The summed E-state index contributed by atoms with van der Waals surface area (Å²) in [5, 5.41) is 0.781. The molecule has 0 spiro atoms. The van der Waals surface area contributed by atoms with E-state index in [-0.39, 0.29) is 4.83 Å². The maximum atomic E-state index is 6.13. The van der Waals surface area contributed by atoms with Crippen molar-refractivity contribution in [1.82, 2.24) is 0 Å². The minimum atomic E-state index is 0.163. The molecule has 0 N–H and O–H groups in total. The number of hydrogen-bond donors (Lipinski definition) is 0. The van der Waals surface area contributed by atoms with Crippen molar-refractivity contribution in [2.24, 2.45) is 0 Å². The van der Waals surface area contributed by atoms with Crippen LogP contribution in [0.1, 0.15) is 32.6 Å². The van der Waals surface area contributed by atoms with E-state index in [0.717, 1.165) is 18.2 Å². The van der Waals surface area contributed by atoms with Crippen LogP contribution in [-0.2, 0) is 18.0 Å². The first-order valence-corrected chi connectivity index (χ1v) is 7.53. The molecule has 2 aromatic rings. The molecule has 0 aliphatic carbocycles. The minimum absolute atomic E-state index is 0.163. The van der Waals surface area contributed by atoms with Gasteiger partial charge in [0.05, 0.1) is 18.0 Å². The molecule has 1 nitrogen and oxygen atoms in total. The van der Waals surface area contributed by atoms with Gasteiger partial charge in [-0.25, -0.2) is 0 Å². The SMILES string of the molecule is Cc1cc(Cl)cc(C(Br)c2ccc3c(c2)COC3)c1. The smallest absolute Gasteiger partial charge is 0.0725 e. The van der Waals surface area contributed by atoms with Crippen LogP contribution < -0.4 is 0 Å². The Bertz CT molecular complexity index is 604. The fraction of sp³-hybridized carbons (Fsp3) is 0.250. The summed E-state index contributed by atoms with van der Waals surface area (Å²) in [6.45, 7) is 3.52. The van der Waals surface area contributed by atoms with Gasteiger partial charge >= 0.3 is 0 Å².